The van der Waals surface area contributed by atoms with Crippen molar-refractivity contribution in [1.29, 1.82) is 0 Å². The molecule has 1 aliphatic rings. The maximum absolute atomic E-state index is 11.4. The monoisotopic (exact) mass is 342 g/mol. The third-order valence-corrected chi connectivity index (χ3v) is 4.45. The SMILES string of the molecule is O=[N+]([O-])c1cc2cn(CCN3CCOCC3)nc2cc1-c1ccoc1. The quantitative estimate of drug-likeness (QED) is 0.523. The first-order chi connectivity index (χ1) is 12.2. The molecule has 0 atom stereocenters. The Morgan fingerprint density at radius 1 is 1.24 bits per heavy atom. The Kier molecular flexibility index (Phi) is 4.21. The molecule has 0 aliphatic carbocycles. The van der Waals surface area contributed by atoms with Crippen molar-refractivity contribution >= 4 is 16.6 Å². The van der Waals surface area contributed by atoms with Crippen molar-refractivity contribution in [1.82, 2.24) is 14.7 Å². The van der Waals surface area contributed by atoms with Crippen molar-refractivity contribution in [2.45, 2.75) is 6.54 Å². The van der Waals surface area contributed by atoms with Crippen LogP contribution >= 0.6 is 0 Å². The number of hydrogen-bond donors (Lipinski definition) is 0. The molecule has 1 saturated heterocycles. The lowest BCUT2D eigenvalue weighted by atomic mass is 10.1. The van der Waals surface area contributed by atoms with Crippen molar-refractivity contribution in [3.8, 4) is 11.1 Å². The van der Waals surface area contributed by atoms with Crippen molar-refractivity contribution in [3.63, 3.8) is 0 Å². The molecule has 3 aromatic rings. The maximum Gasteiger partial charge on any atom is 0.278 e. The highest BCUT2D eigenvalue weighted by Crippen LogP contribution is 2.33. The lowest BCUT2D eigenvalue weighted by molar-refractivity contribution is -0.384. The number of morpholine rings is 1. The van der Waals surface area contributed by atoms with Crippen molar-refractivity contribution in [3.05, 3.63) is 47.0 Å². The van der Waals surface area contributed by atoms with Crippen LogP contribution in [0.1, 0.15) is 0 Å². The summed E-state index contributed by atoms with van der Waals surface area (Å²) in [5.74, 6) is 0. The maximum atomic E-state index is 11.4. The summed E-state index contributed by atoms with van der Waals surface area (Å²) >= 11 is 0. The van der Waals surface area contributed by atoms with Gasteiger partial charge in [-0.1, -0.05) is 0 Å². The molecule has 2 aromatic heterocycles. The third kappa shape index (κ3) is 3.26. The minimum atomic E-state index is -0.368. The zero-order valence-electron chi connectivity index (χ0n) is 13.6. The van der Waals surface area contributed by atoms with Gasteiger partial charge in [0.1, 0.15) is 0 Å². The van der Waals surface area contributed by atoms with Gasteiger partial charge in [-0.2, -0.15) is 5.10 Å². The van der Waals surface area contributed by atoms with Gasteiger partial charge in [0.15, 0.2) is 0 Å². The number of aromatic nitrogens is 2. The Bertz CT molecular complexity index is 882. The van der Waals surface area contributed by atoms with E-state index in [-0.39, 0.29) is 10.6 Å². The van der Waals surface area contributed by atoms with E-state index < -0.39 is 0 Å². The molecule has 0 bridgehead atoms. The van der Waals surface area contributed by atoms with Crippen LogP contribution in [0.25, 0.3) is 22.0 Å². The first kappa shape index (κ1) is 15.8. The number of nitro benzene ring substituents is 1. The summed E-state index contributed by atoms with van der Waals surface area (Å²) in [7, 11) is 0. The molecule has 25 heavy (non-hydrogen) atoms. The largest absolute Gasteiger partial charge is 0.472 e. The molecule has 0 radical (unpaired) electrons. The van der Waals surface area contributed by atoms with Gasteiger partial charge < -0.3 is 9.15 Å². The molecule has 0 saturated carbocycles. The van der Waals surface area contributed by atoms with Crippen LogP contribution in [0, 0.1) is 10.1 Å². The predicted octanol–water partition coefficient (Wildman–Crippen LogP) is 2.54. The summed E-state index contributed by atoms with van der Waals surface area (Å²) in [5, 5.41) is 16.8. The number of nitrogens with zero attached hydrogens (tertiary/aromatic N) is 4. The number of rotatable bonds is 5. The number of benzene rings is 1. The van der Waals surface area contributed by atoms with Gasteiger partial charge in [0.05, 0.1) is 48.3 Å². The van der Waals surface area contributed by atoms with Crippen molar-refractivity contribution in [2.75, 3.05) is 32.8 Å². The van der Waals surface area contributed by atoms with Gasteiger partial charge in [-0.15, -0.1) is 0 Å². The second-order valence-electron chi connectivity index (χ2n) is 6.04. The van der Waals surface area contributed by atoms with Crippen LogP contribution in [0.3, 0.4) is 0 Å². The Morgan fingerprint density at radius 3 is 2.80 bits per heavy atom. The smallest absolute Gasteiger partial charge is 0.278 e. The van der Waals surface area contributed by atoms with Gasteiger partial charge in [0, 0.05) is 42.8 Å². The van der Waals surface area contributed by atoms with Gasteiger partial charge in [-0.3, -0.25) is 19.7 Å². The summed E-state index contributed by atoms with van der Waals surface area (Å²) in [6.07, 6.45) is 4.87. The number of ether oxygens (including phenoxy) is 1. The Hall–Kier alpha value is -2.71. The molecule has 0 spiro atoms. The first-order valence-corrected chi connectivity index (χ1v) is 8.19. The molecule has 8 heteroatoms. The molecule has 3 heterocycles. The van der Waals surface area contributed by atoms with Crippen LogP contribution < -0.4 is 0 Å². The van der Waals surface area contributed by atoms with Crippen molar-refractivity contribution < 1.29 is 14.1 Å². The first-order valence-electron chi connectivity index (χ1n) is 8.19. The van der Waals surface area contributed by atoms with E-state index in [4.69, 9.17) is 9.15 Å². The number of nitro groups is 1. The standard InChI is InChI=1S/C17H18N4O4/c22-21(23)17-9-14-11-20(3-2-19-4-7-24-8-5-19)18-16(14)10-15(17)13-1-6-25-12-13/h1,6,9-12H,2-5,7-8H2. The van der Waals surface area contributed by atoms with Crippen LogP contribution in [0.15, 0.2) is 41.3 Å². The van der Waals surface area contributed by atoms with E-state index in [9.17, 15) is 10.1 Å². The Labute approximate surface area is 143 Å². The van der Waals surface area contributed by atoms with E-state index >= 15 is 0 Å². The molecule has 4 rings (SSSR count). The normalized spacial score (nSPS) is 15.7. The average molecular weight is 342 g/mol. The molecule has 130 valence electrons. The second-order valence-corrected chi connectivity index (χ2v) is 6.04. The van der Waals surface area contributed by atoms with Crippen LogP contribution in [-0.2, 0) is 11.3 Å². The zero-order chi connectivity index (χ0) is 17.2. The van der Waals surface area contributed by atoms with Gasteiger partial charge in [-0.05, 0) is 12.1 Å². The van der Waals surface area contributed by atoms with Gasteiger partial charge in [0.2, 0.25) is 0 Å². The second kappa shape index (κ2) is 6.66. The minimum Gasteiger partial charge on any atom is -0.472 e. The van der Waals surface area contributed by atoms with Gasteiger partial charge in [-0.25, -0.2) is 0 Å². The molecule has 8 nitrogen and oxygen atoms in total. The molecule has 1 aliphatic heterocycles. The van der Waals surface area contributed by atoms with Crippen LogP contribution in [0.2, 0.25) is 0 Å². The van der Waals surface area contributed by atoms with Gasteiger partial charge in [0.25, 0.3) is 5.69 Å². The van der Waals surface area contributed by atoms with E-state index in [0.29, 0.717) is 11.1 Å². The van der Waals surface area contributed by atoms with E-state index in [1.165, 1.54) is 12.5 Å². The number of hydrogen-bond acceptors (Lipinski definition) is 6. The molecule has 1 aromatic carbocycles. The predicted molar refractivity (Wildman–Crippen MR) is 91.3 cm³/mol. The lowest BCUT2D eigenvalue weighted by Gasteiger charge is -2.26. The minimum absolute atomic E-state index is 0.0571. The third-order valence-electron chi connectivity index (χ3n) is 4.45. The molecule has 0 unspecified atom stereocenters. The summed E-state index contributed by atoms with van der Waals surface area (Å²) in [6.45, 7) is 5.01. The fourth-order valence-electron chi connectivity index (χ4n) is 3.09. The van der Waals surface area contributed by atoms with E-state index in [1.807, 2.05) is 10.9 Å². The van der Waals surface area contributed by atoms with Crippen molar-refractivity contribution in [2.24, 2.45) is 0 Å². The highest BCUT2D eigenvalue weighted by molar-refractivity contribution is 5.89. The van der Waals surface area contributed by atoms with Crippen LogP contribution in [-0.4, -0.2) is 52.5 Å². The zero-order valence-corrected chi connectivity index (χ0v) is 13.6. The molecule has 0 N–H and O–H groups in total. The topological polar surface area (TPSA) is 86.6 Å². The molecular formula is C17H18N4O4. The van der Waals surface area contributed by atoms with E-state index in [0.717, 1.165) is 50.3 Å². The molecule has 1 fully saturated rings. The van der Waals surface area contributed by atoms with E-state index in [2.05, 4.69) is 10.00 Å². The van der Waals surface area contributed by atoms with Crippen LogP contribution in [0.5, 0.6) is 0 Å². The highest BCUT2D eigenvalue weighted by Gasteiger charge is 2.19. The fourth-order valence-corrected chi connectivity index (χ4v) is 3.09. The summed E-state index contributed by atoms with van der Waals surface area (Å²) in [6, 6.07) is 5.04. The van der Waals surface area contributed by atoms with Gasteiger partial charge >= 0.3 is 0 Å². The Balaban J connectivity index is 1.62. The molecular weight excluding hydrogens is 324 g/mol. The lowest BCUT2D eigenvalue weighted by Crippen LogP contribution is -2.38. The summed E-state index contributed by atoms with van der Waals surface area (Å²) in [5.41, 5.74) is 1.99. The van der Waals surface area contributed by atoms with E-state index in [1.54, 1.807) is 18.2 Å². The number of fused-ring (bicyclic) bond motifs is 1. The Morgan fingerprint density at radius 2 is 2.08 bits per heavy atom. The highest BCUT2D eigenvalue weighted by atomic mass is 16.6. The summed E-state index contributed by atoms with van der Waals surface area (Å²) < 4.78 is 12.3. The van der Waals surface area contributed by atoms with Crippen LogP contribution in [0.4, 0.5) is 5.69 Å². The number of furan rings is 1. The molecule has 0 amide bonds. The fraction of sp³-hybridized carbons (Fsp3) is 0.353. The summed E-state index contributed by atoms with van der Waals surface area (Å²) in [4.78, 5) is 13.4. The average Bonchev–Trinajstić information content (AvgIpc) is 3.28.